The van der Waals surface area contributed by atoms with E-state index in [1.807, 2.05) is 41.3 Å². The summed E-state index contributed by atoms with van der Waals surface area (Å²) in [5.41, 5.74) is 4.96. The molecule has 2 aromatic heterocycles. The number of nitrogens with zero attached hydrogens (tertiary/aromatic N) is 4. The molecule has 7 nitrogen and oxygen atoms in total. The zero-order chi connectivity index (χ0) is 21.2. The van der Waals surface area contributed by atoms with Crippen molar-refractivity contribution >= 4 is 5.91 Å². The van der Waals surface area contributed by atoms with Crippen LogP contribution < -0.4 is 0 Å². The highest BCUT2D eigenvalue weighted by atomic mass is 16.5. The Morgan fingerprint density at radius 3 is 2.84 bits per heavy atom. The normalized spacial score (nSPS) is 16.2. The van der Waals surface area contributed by atoms with Crippen LogP contribution in [0, 0.1) is 6.92 Å². The third kappa shape index (κ3) is 4.12. The first-order chi connectivity index (χ1) is 15.2. The molecule has 1 aliphatic rings. The highest BCUT2D eigenvalue weighted by molar-refractivity contribution is 5.79. The Morgan fingerprint density at radius 2 is 2.00 bits per heavy atom. The molecule has 0 bridgehead atoms. The van der Waals surface area contributed by atoms with E-state index in [1.54, 1.807) is 0 Å². The largest absolute Gasteiger partial charge is 0.342 e. The number of aromatic nitrogens is 4. The fraction of sp³-hybridized carbons (Fsp3) is 0.250. The van der Waals surface area contributed by atoms with Gasteiger partial charge in [0.2, 0.25) is 5.91 Å². The summed E-state index contributed by atoms with van der Waals surface area (Å²) in [6.45, 7) is 3.39. The van der Waals surface area contributed by atoms with Crippen LogP contribution in [0.15, 0.2) is 65.2 Å². The first-order valence-electron chi connectivity index (χ1n) is 10.4. The van der Waals surface area contributed by atoms with Crippen LogP contribution >= 0.6 is 0 Å². The minimum Gasteiger partial charge on any atom is -0.342 e. The fourth-order valence-corrected chi connectivity index (χ4v) is 3.99. The van der Waals surface area contributed by atoms with Crippen molar-refractivity contribution in [1.29, 1.82) is 0 Å². The zero-order valence-corrected chi connectivity index (χ0v) is 17.3. The second kappa shape index (κ2) is 8.18. The molecule has 4 aromatic rings. The number of likely N-dealkylation sites (tertiary alicyclic amines) is 1. The standard InChI is InChI=1S/C24H23N5O2/c1-16-6-5-7-17(12-16)10-11-29-15-19(13-22(29)30)23-25-24(31-28-23)21-14-20(26-27-21)18-8-3-2-4-9-18/h2-9,12,14,19H,10-11,13,15H2,1H3,(H,26,27). The van der Waals surface area contributed by atoms with Crippen molar-refractivity contribution in [3.05, 3.63) is 77.6 Å². The van der Waals surface area contributed by atoms with Gasteiger partial charge in [-0.2, -0.15) is 10.1 Å². The number of aryl methyl sites for hydroxylation is 1. The van der Waals surface area contributed by atoms with Gasteiger partial charge in [0.05, 0.1) is 5.69 Å². The van der Waals surface area contributed by atoms with Gasteiger partial charge in [-0.25, -0.2) is 0 Å². The Kier molecular flexibility index (Phi) is 5.08. The lowest BCUT2D eigenvalue weighted by Crippen LogP contribution is -2.27. The van der Waals surface area contributed by atoms with Gasteiger partial charge in [0.15, 0.2) is 5.82 Å². The number of hydrogen-bond acceptors (Lipinski definition) is 5. The van der Waals surface area contributed by atoms with Crippen molar-refractivity contribution in [3.8, 4) is 22.8 Å². The molecule has 0 saturated carbocycles. The zero-order valence-electron chi connectivity index (χ0n) is 17.3. The lowest BCUT2D eigenvalue weighted by atomic mass is 10.1. The molecule has 156 valence electrons. The van der Waals surface area contributed by atoms with Crippen LogP contribution in [0.3, 0.4) is 0 Å². The molecule has 1 atom stereocenters. The SMILES string of the molecule is Cc1cccc(CCN2CC(c3noc(-c4cc(-c5ccccc5)n[nH]4)n3)CC2=O)c1. The van der Waals surface area contributed by atoms with E-state index in [9.17, 15) is 4.79 Å². The van der Waals surface area contributed by atoms with E-state index in [0.717, 1.165) is 17.7 Å². The smallest absolute Gasteiger partial charge is 0.275 e. The summed E-state index contributed by atoms with van der Waals surface area (Å²) < 4.78 is 5.46. The molecule has 1 saturated heterocycles. The van der Waals surface area contributed by atoms with Crippen molar-refractivity contribution in [3.63, 3.8) is 0 Å². The van der Waals surface area contributed by atoms with Crippen LogP contribution in [0.25, 0.3) is 22.8 Å². The number of benzene rings is 2. The number of aromatic amines is 1. The topological polar surface area (TPSA) is 87.9 Å². The summed E-state index contributed by atoms with van der Waals surface area (Å²) in [4.78, 5) is 18.9. The van der Waals surface area contributed by atoms with E-state index in [1.165, 1.54) is 11.1 Å². The maximum atomic E-state index is 12.5. The summed E-state index contributed by atoms with van der Waals surface area (Å²) in [6.07, 6.45) is 1.25. The quantitative estimate of drug-likeness (QED) is 0.516. The summed E-state index contributed by atoms with van der Waals surface area (Å²) >= 11 is 0. The second-order valence-corrected chi connectivity index (χ2v) is 7.97. The summed E-state index contributed by atoms with van der Waals surface area (Å²) in [6, 6.07) is 20.2. The van der Waals surface area contributed by atoms with Gasteiger partial charge < -0.3 is 9.42 Å². The van der Waals surface area contributed by atoms with Gasteiger partial charge in [0, 0.05) is 31.0 Å². The number of H-pyrrole nitrogens is 1. The predicted molar refractivity (Wildman–Crippen MR) is 116 cm³/mol. The molecule has 0 spiro atoms. The van der Waals surface area contributed by atoms with Crippen LogP contribution in [-0.4, -0.2) is 44.2 Å². The third-order valence-corrected chi connectivity index (χ3v) is 5.65. The highest BCUT2D eigenvalue weighted by Crippen LogP contribution is 2.29. The van der Waals surface area contributed by atoms with Gasteiger partial charge in [-0.05, 0) is 25.0 Å². The van der Waals surface area contributed by atoms with E-state index in [0.29, 0.717) is 36.9 Å². The Bertz CT molecular complexity index is 1200. The fourth-order valence-electron chi connectivity index (χ4n) is 3.99. The van der Waals surface area contributed by atoms with Gasteiger partial charge in [-0.15, -0.1) is 0 Å². The van der Waals surface area contributed by atoms with Crippen LogP contribution in [0.4, 0.5) is 0 Å². The number of rotatable bonds is 6. The molecule has 31 heavy (non-hydrogen) atoms. The molecule has 1 aliphatic heterocycles. The van der Waals surface area contributed by atoms with Crippen molar-refractivity contribution in [2.24, 2.45) is 0 Å². The molecule has 3 heterocycles. The van der Waals surface area contributed by atoms with E-state index in [4.69, 9.17) is 4.52 Å². The lowest BCUT2D eigenvalue weighted by molar-refractivity contribution is -0.127. The molecule has 2 aromatic carbocycles. The van der Waals surface area contributed by atoms with Gasteiger partial charge >= 0.3 is 0 Å². The van der Waals surface area contributed by atoms with Crippen LogP contribution in [-0.2, 0) is 11.2 Å². The monoisotopic (exact) mass is 413 g/mol. The van der Waals surface area contributed by atoms with Gasteiger partial charge in [-0.1, -0.05) is 65.3 Å². The Morgan fingerprint density at radius 1 is 1.13 bits per heavy atom. The van der Waals surface area contributed by atoms with Crippen molar-refractivity contribution in [2.45, 2.75) is 25.7 Å². The number of amides is 1. The first-order valence-corrected chi connectivity index (χ1v) is 10.4. The summed E-state index contributed by atoms with van der Waals surface area (Å²) in [7, 11) is 0. The number of nitrogens with one attached hydrogen (secondary N) is 1. The molecule has 1 amide bonds. The summed E-state index contributed by atoms with van der Waals surface area (Å²) in [5, 5.41) is 11.4. The Labute approximate surface area is 180 Å². The van der Waals surface area contributed by atoms with Gasteiger partial charge in [0.1, 0.15) is 5.69 Å². The highest BCUT2D eigenvalue weighted by Gasteiger charge is 2.33. The number of carbonyl (C=O) groups excluding carboxylic acids is 1. The second-order valence-electron chi connectivity index (χ2n) is 7.97. The number of carbonyl (C=O) groups is 1. The van der Waals surface area contributed by atoms with E-state index in [-0.39, 0.29) is 11.8 Å². The number of hydrogen-bond donors (Lipinski definition) is 1. The van der Waals surface area contributed by atoms with Crippen LogP contribution in [0.2, 0.25) is 0 Å². The van der Waals surface area contributed by atoms with Gasteiger partial charge in [0.25, 0.3) is 5.89 Å². The Balaban J connectivity index is 1.25. The van der Waals surface area contributed by atoms with E-state index >= 15 is 0 Å². The molecule has 0 aliphatic carbocycles. The van der Waals surface area contributed by atoms with Gasteiger partial charge in [-0.3, -0.25) is 9.89 Å². The molecule has 1 unspecified atom stereocenters. The average Bonchev–Trinajstić information content (AvgIpc) is 3.52. The third-order valence-electron chi connectivity index (χ3n) is 5.65. The minimum atomic E-state index is -0.0565. The van der Waals surface area contributed by atoms with Crippen molar-refractivity contribution in [2.75, 3.05) is 13.1 Å². The molecule has 5 rings (SSSR count). The first kappa shape index (κ1) is 19.2. The van der Waals surface area contributed by atoms with E-state index < -0.39 is 0 Å². The summed E-state index contributed by atoms with van der Waals surface area (Å²) in [5.74, 6) is 1.03. The van der Waals surface area contributed by atoms with Crippen molar-refractivity contribution < 1.29 is 9.32 Å². The molecular weight excluding hydrogens is 390 g/mol. The van der Waals surface area contributed by atoms with Crippen LogP contribution in [0.1, 0.15) is 29.3 Å². The van der Waals surface area contributed by atoms with E-state index in [2.05, 4.69) is 51.5 Å². The molecule has 1 N–H and O–H groups in total. The molecule has 0 radical (unpaired) electrons. The average molecular weight is 413 g/mol. The van der Waals surface area contributed by atoms with Crippen LogP contribution in [0.5, 0.6) is 0 Å². The Hall–Kier alpha value is -3.74. The maximum Gasteiger partial charge on any atom is 0.275 e. The van der Waals surface area contributed by atoms with Crippen molar-refractivity contribution in [1.82, 2.24) is 25.2 Å². The minimum absolute atomic E-state index is 0.0565. The maximum absolute atomic E-state index is 12.5. The lowest BCUT2D eigenvalue weighted by Gasteiger charge is -2.16. The molecule has 1 fully saturated rings. The molecule has 7 heteroatoms. The molecular formula is C24H23N5O2. The predicted octanol–water partition coefficient (Wildman–Crippen LogP) is 3.99.